The Hall–Kier alpha value is -1.12. The minimum atomic E-state index is -0.212. The molecule has 0 amide bonds. The molecular formula is C20H30O2. The molecule has 1 aromatic rings. The van der Waals surface area contributed by atoms with Crippen LogP contribution in [0.15, 0.2) is 35.9 Å². The van der Waals surface area contributed by atoms with Crippen molar-refractivity contribution in [3.05, 3.63) is 41.5 Å². The van der Waals surface area contributed by atoms with Crippen molar-refractivity contribution < 1.29 is 9.47 Å². The Labute approximate surface area is 135 Å². The van der Waals surface area contributed by atoms with Gasteiger partial charge in [-0.1, -0.05) is 56.2 Å². The summed E-state index contributed by atoms with van der Waals surface area (Å²) < 4.78 is 12.3. The molecule has 22 heavy (non-hydrogen) atoms. The first-order valence-corrected chi connectivity index (χ1v) is 8.59. The van der Waals surface area contributed by atoms with Crippen LogP contribution in [0.5, 0.6) is 0 Å². The summed E-state index contributed by atoms with van der Waals surface area (Å²) in [6.45, 7) is 8.69. The molecule has 1 aliphatic heterocycles. The molecule has 0 spiro atoms. The van der Waals surface area contributed by atoms with E-state index in [0.717, 1.165) is 12.8 Å². The van der Waals surface area contributed by atoms with Crippen LogP contribution in [0.1, 0.15) is 65.4 Å². The van der Waals surface area contributed by atoms with Crippen LogP contribution in [0.3, 0.4) is 0 Å². The van der Waals surface area contributed by atoms with Crippen molar-refractivity contribution in [2.45, 2.75) is 77.8 Å². The fourth-order valence-electron chi connectivity index (χ4n) is 3.08. The Bertz CT molecular complexity index is 476. The average molecular weight is 302 g/mol. The summed E-state index contributed by atoms with van der Waals surface area (Å²) in [6.07, 6.45) is 7.91. The lowest BCUT2D eigenvalue weighted by Crippen LogP contribution is -2.43. The van der Waals surface area contributed by atoms with Gasteiger partial charge >= 0.3 is 0 Å². The summed E-state index contributed by atoms with van der Waals surface area (Å²) in [6, 6.07) is 10.5. The minimum Gasteiger partial charge on any atom is -0.346 e. The lowest BCUT2D eigenvalue weighted by atomic mass is 9.97. The van der Waals surface area contributed by atoms with E-state index in [1.54, 1.807) is 0 Å². The molecule has 1 heterocycles. The van der Waals surface area contributed by atoms with Gasteiger partial charge in [0.25, 0.3) is 0 Å². The van der Waals surface area contributed by atoms with E-state index in [9.17, 15) is 0 Å². The molecule has 1 saturated heterocycles. The Morgan fingerprint density at radius 3 is 2.59 bits per heavy atom. The Balaban J connectivity index is 2.18. The van der Waals surface area contributed by atoms with Crippen LogP contribution in [-0.4, -0.2) is 18.0 Å². The normalized spacial score (nSPS) is 25.2. The molecular weight excluding hydrogens is 272 g/mol. The van der Waals surface area contributed by atoms with Gasteiger partial charge in [0, 0.05) is 6.42 Å². The molecule has 2 atom stereocenters. The average Bonchev–Trinajstić information content (AvgIpc) is 2.45. The smallest absolute Gasteiger partial charge is 0.181 e. The van der Waals surface area contributed by atoms with Gasteiger partial charge in [-0.2, -0.15) is 0 Å². The zero-order chi connectivity index (χ0) is 16.0. The van der Waals surface area contributed by atoms with Gasteiger partial charge in [0.05, 0.1) is 11.7 Å². The topological polar surface area (TPSA) is 18.5 Å². The highest BCUT2D eigenvalue weighted by Crippen LogP contribution is 2.32. The minimum absolute atomic E-state index is 0.122. The molecule has 0 aromatic heterocycles. The molecule has 0 bridgehead atoms. The Morgan fingerprint density at radius 2 is 1.95 bits per heavy atom. The highest BCUT2D eigenvalue weighted by atomic mass is 16.7. The van der Waals surface area contributed by atoms with Crippen molar-refractivity contribution in [2.75, 3.05) is 0 Å². The maximum atomic E-state index is 6.22. The first kappa shape index (κ1) is 17.2. The molecule has 2 heteroatoms. The van der Waals surface area contributed by atoms with E-state index in [0.29, 0.717) is 0 Å². The summed E-state index contributed by atoms with van der Waals surface area (Å²) in [5.41, 5.74) is 2.36. The highest BCUT2D eigenvalue weighted by Gasteiger charge is 2.34. The number of hydrogen-bond donors (Lipinski definition) is 0. The maximum Gasteiger partial charge on any atom is 0.181 e. The molecule has 0 aliphatic carbocycles. The van der Waals surface area contributed by atoms with Crippen LogP contribution >= 0.6 is 0 Å². The third-order valence-corrected chi connectivity index (χ3v) is 4.08. The van der Waals surface area contributed by atoms with E-state index < -0.39 is 0 Å². The van der Waals surface area contributed by atoms with E-state index in [1.165, 1.54) is 30.4 Å². The summed E-state index contributed by atoms with van der Waals surface area (Å²) in [4.78, 5) is 0. The molecule has 0 N–H and O–H groups in total. The van der Waals surface area contributed by atoms with Gasteiger partial charge in [-0.15, -0.1) is 0 Å². The quantitative estimate of drug-likeness (QED) is 0.639. The first-order valence-electron chi connectivity index (χ1n) is 8.59. The zero-order valence-corrected chi connectivity index (χ0v) is 14.5. The SMILES string of the molecule is CCCCC/C(=C/c1ccccc1)[C@H]1O[C@H](C)CC(C)(C)O1. The fourth-order valence-corrected chi connectivity index (χ4v) is 3.08. The largest absolute Gasteiger partial charge is 0.346 e. The van der Waals surface area contributed by atoms with Gasteiger partial charge < -0.3 is 9.47 Å². The third kappa shape index (κ3) is 5.26. The van der Waals surface area contributed by atoms with E-state index in [1.807, 2.05) is 6.07 Å². The summed E-state index contributed by atoms with van der Waals surface area (Å²) >= 11 is 0. The zero-order valence-electron chi connectivity index (χ0n) is 14.5. The van der Waals surface area contributed by atoms with Gasteiger partial charge in [0.2, 0.25) is 0 Å². The van der Waals surface area contributed by atoms with Gasteiger partial charge in [-0.3, -0.25) is 0 Å². The number of unbranched alkanes of at least 4 members (excludes halogenated alkanes) is 2. The number of hydrogen-bond acceptors (Lipinski definition) is 2. The molecule has 2 nitrogen and oxygen atoms in total. The second-order valence-corrected chi connectivity index (χ2v) is 6.95. The first-order chi connectivity index (χ1) is 10.5. The van der Waals surface area contributed by atoms with Crippen LogP contribution in [-0.2, 0) is 9.47 Å². The monoisotopic (exact) mass is 302 g/mol. The van der Waals surface area contributed by atoms with Gasteiger partial charge in [0.1, 0.15) is 0 Å². The molecule has 0 unspecified atom stereocenters. The molecule has 1 aliphatic rings. The van der Waals surface area contributed by atoms with Crippen LogP contribution < -0.4 is 0 Å². The van der Waals surface area contributed by atoms with Crippen molar-refractivity contribution >= 4 is 6.08 Å². The maximum absolute atomic E-state index is 6.22. The second kappa shape index (κ2) is 7.94. The van der Waals surface area contributed by atoms with E-state index in [-0.39, 0.29) is 18.0 Å². The number of benzene rings is 1. The van der Waals surface area contributed by atoms with Crippen LogP contribution in [0.2, 0.25) is 0 Å². The highest BCUT2D eigenvalue weighted by molar-refractivity contribution is 5.53. The molecule has 122 valence electrons. The number of rotatable bonds is 6. The standard InChI is InChI=1S/C20H30O2/c1-5-6-8-13-18(14-17-11-9-7-10-12-17)19-21-16(2)15-20(3,4)22-19/h7,9-12,14,16,19H,5-6,8,13,15H2,1-4H3/b18-14-/t16-,19+/m1/s1. The van der Waals surface area contributed by atoms with E-state index in [2.05, 4.69) is 58.0 Å². The lowest BCUT2D eigenvalue weighted by molar-refractivity contribution is -0.252. The van der Waals surface area contributed by atoms with Crippen molar-refractivity contribution in [1.82, 2.24) is 0 Å². The third-order valence-electron chi connectivity index (χ3n) is 4.08. The van der Waals surface area contributed by atoms with Gasteiger partial charge in [-0.25, -0.2) is 0 Å². The predicted octanol–water partition coefficient (Wildman–Crippen LogP) is 5.58. The van der Waals surface area contributed by atoms with Crippen LogP contribution in [0.25, 0.3) is 6.08 Å². The van der Waals surface area contributed by atoms with Crippen molar-refractivity contribution in [1.29, 1.82) is 0 Å². The van der Waals surface area contributed by atoms with Crippen LogP contribution in [0.4, 0.5) is 0 Å². The summed E-state index contributed by atoms with van der Waals surface area (Å²) in [5, 5.41) is 0. The van der Waals surface area contributed by atoms with E-state index in [4.69, 9.17) is 9.47 Å². The predicted molar refractivity (Wildman–Crippen MR) is 92.7 cm³/mol. The molecule has 1 fully saturated rings. The Morgan fingerprint density at radius 1 is 1.23 bits per heavy atom. The summed E-state index contributed by atoms with van der Waals surface area (Å²) in [5.74, 6) is 0. The molecule has 0 radical (unpaired) electrons. The lowest BCUT2D eigenvalue weighted by Gasteiger charge is -2.40. The van der Waals surface area contributed by atoms with Crippen LogP contribution in [0, 0.1) is 0 Å². The number of ether oxygens (including phenoxy) is 2. The molecule has 2 rings (SSSR count). The fraction of sp³-hybridized carbons (Fsp3) is 0.600. The van der Waals surface area contributed by atoms with Crippen molar-refractivity contribution in [3.8, 4) is 0 Å². The van der Waals surface area contributed by atoms with Gasteiger partial charge in [-0.05, 0) is 44.7 Å². The second-order valence-electron chi connectivity index (χ2n) is 6.95. The van der Waals surface area contributed by atoms with Gasteiger partial charge in [0.15, 0.2) is 6.29 Å². The molecule has 1 aromatic carbocycles. The summed E-state index contributed by atoms with van der Waals surface area (Å²) in [7, 11) is 0. The van der Waals surface area contributed by atoms with E-state index >= 15 is 0 Å². The molecule has 0 saturated carbocycles. The Kier molecular flexibility index (Phi) is 6.22. The van der Waals surface area contributed by atoms with Crippen molar-refractivity contribution in [3.63, 3.8) is 0 Å². The van der Waals surface area contributed by atoms with Crippen molar-refractivity contribution in [2.24, 2.45) is 0 Å².